The number of fused-ring (bicyclic) bond motifs is 20. The first-order valence-electron chi connectivity index (χ1n) is 31.3. The summed E-state index contributed by atoms with van der Waals surface area (Å²) >= 11 is 0. The minimum absolute atomic E-state index is 0.836. The van der Waals surface area contributed by atoms with Gasteiger partial charge >= 0.3 is 0 Å². The molecular weight excluding hydrogens is 1140 g/mol. The average Bonchev–Trinajstić information content (AvgIpc) is 1.46. The van der Waals surface area contributed by atoms with Crippen LogP contribution < -0.4 is 30.5 Å². The van der Waals surface area contributed by atoms with Crippen molar-refractivity contribution >= 4 is 153 Å². The van der Waals surface area contributed by atoms with Gasteiger partial charge < -0.3 is 23.2 Å². The molecule has 3 aromatic heterocycles. The van der Waals surface area contributed by atoms with Gasteiger partial charge in [0.05, 0.1) is 71.2 Å². The zero-order chi connectivity index (χ0) is 60.6. The number of rotatable bonds is 10. The Hall–Kier alpha value is -8.71. The van der Waals surface area contributed by atoms with E-state index in [1.54, 1.807) is 0 Å². The molecule has 5 nitrogen and oxygen atoms in total. The van der Waals surface area contributed by atoms with E-state index in [-0.39, 0.29) is 0 Å². The lowest BCUT2D eigenvalue weighted by Crippen LogP contribution is -2.37. The van der Waals surface area contributed by atoms with Crippen LogP contribution in [0, 0.1) is 0 Å². The molecule has 1 unspecified atom stereocenters. The molecule has 16 rings (SSSR count). The summed E-state index contributed by atoms with van der Waals surface area (Å²) in [6.07, 6.45) is 0. The smallest absolute Gasteiger partial charge is 0.160 e. The van der Waals surface area contributed by atoms with E-state index in [1.165, 1.54) is 64.8 Å². The molecular formula is C79H73N3O2Si4. The zero-order valence-electron chi connectivity index (χ0n) is 52.5. The SMILES string of the molecule is C[Si](C)(C)c1ccc(N(c2ccc([Si](C)(C)C)cc2)c2cc3c(c4c2oc2ccccc24)-c2c(cc(N(c4ccc([Si](C)(C)C)cc4)c4ccc([Si](C)(C)C)cc4)c4c2oc2ccccc24)C32c3ccccc3-n3c4ccccc4c4cccc2c43)cc1. The minimum atomic E-state index is -1.68. The predicted molar refractivity (Wildman–Crippen MR) is 387 cm³/mol. The highest BCUT2D eigenvalue weighted by Crippen LogP contribution is 2.67. The molecule has 11 aromatic carbocycles. The molecule has 2 aliphatic rings. The lowest BCUT2D eigenvalue weighted by Gasteiger charge is -2.40. The number of nitrogens with zero attached hydrogens (tertiary/aromatic N) is 3. The van der Waals surface area contributed by atoms with Crippen LogP contribution in [0.1, 0.15) is 22.3 Å². The van der Waals surface area contributed by atoms with Gasteiger partial charge in [0, 0.05) is 60.8 Å². The van der Waals surface area contributed by atoms with Crippen LogP contribution >= 0.6 is 0 Å². The van der Waals surface area contributed by atoms with Gasteiger partial charge in [0.15, 0.2) is 5.58 Å². The first-order valence-corrected chi connectivity index (χ1v) is 45.3. The summed E-state index contributed by atoms with van der Waals surface area (Å²) in [5.41, 5.74) is 19.5. The predicted octanol–water partition coefficient (Wildman–Crippen LogP) is 20.4. The monoisotopic (exact) mass is 1210 g/mol. The van der Waals surface area contributed by atoms with Gasteiger partial charge in [-0.1, -0.05) is 239 Å². The topological polar surface area (TPSA) is 37.7 Å². The highest BCUT2D eigenvalue weighted by Gasteiger charge is 2.54. The van der Waals surface area contributed by atoms with Crippen LogP contribution in [0.2, 0.25) is 78.6 Å². The Morgan fingerprint density at radius 1 is 0.330 bits per heavy atom. The van der Waals surface area contributed by atoms with Crippen molar-refractivity contribution in [3.8, 4) is 16.8 Å². The van der Waals surface area contributed by atoms with Crippen molar-refractivity contribution in [2.45, 2.75) is 84.0 Å². The number of benzene rings is 11. The van der Waals surface area contributed by atoms with E-state index in [4.69, 9.17) is 8.83 Å². The molecule has 88 heavy (non-hydrogen) atoms. The Labute approximate surface area is 520 Å². The summed E-state index contributed by atoms with van der Waals surface area (Å²) in [5, 5.41) is 12.5. The molecule has 0 amide bonds. The third kappa shape index (κ3) is 7.99. The van der Waals surface area contributed by atoms with Gasteiger partial charge in [-0.05, 0) is 107 Å². The Morgan fingerprint density at radius 3 is 1.25 bits per heavy atom. The van der Waals surface area contributed by atoms with Crippen molar-refractivity contribution in [2.24, 2.45) is 0 Å². The molecule has 0 bridgehead atoms. The van der Waals surface area contributed by atoms with Gasteiger partial charge in [-0.2, -0.15) is 0 Å². The molecule has 0 N–H and O–H groups in total. The van der Waals surface area contributed by atoms with Gasteiger partial charge in [0.2, 0.25) is 0 Å². The Morgan fingerprint density at radius 2 is 0.727 bits per heavy atom. The third-order valence-electron chi connectivity index (χ3n) is 19.4. The van der Waals surface area contributed by atoms with Crippen LogP contribution in [0.25, 0.3) is 82.5 Å². The second-order valence-corrected chi connectivity index (χ2v) is 49.2. The van der Waals surface area contributed by atoms with Crippen LogP contribution in [0.3, 0.4) is 0 Å². The molecule has 1 aliphatic heterocycles. The maximum atomic E-state index is 7.73. The van der Waals surface area contributed by atoms with Crippen molar-refractivity contribution < 1.29 is 8.83 Å². The Bertz CT molecular complexity index is 5070. The van der Waals surface area contributed by atoms with Gasteiger partial charge in [-0.15, -0.1) is 0 Å². The Kier molecular flexibility index (Phi) is 11.9. The molecule has 0 fully saturated rings. The van der Waals surface area contributed by atoms with Crippen LogP contribution in [-0.2, 0) is 5.41 Å². The highest BCUT2D eigenvalue weighted by atomic mass is 28.3. The number of hydrogen-bond acceptors (Lipinski definition) is 4. The third-order valence-corrected chi connectivity index (χ3v) is 27.7. The molecule has 0 radical (unpaired) electrons. The van der Waals surface area contributed by atoms with E-state index in [0.717, 1.165) is 94.8 Å². The summed E-state index contributed by atoms with van der Waals surface area (Å²) in [5.74, 6) is 0. The average molecular weight is 1210 g/mol. The van der Waals surface area contributed by atoms with Crippen molar-refractivity contribution in [1.29, 1.82) is 0 Å². The fraction of sp³-hybridized carbons (Fsp3) is 0.165. The van der Waals surface area contributed by atoms with E-state index in [1.807, 2.05) is 0 Å². The van der Waals surface area contributed by atoms with Crippen molar-refractivity contribution in [2.75, 3.05) is 9.80 Å². The van der Waals surface area contributed by atoms with Gasteiger partial charge in [-0.3, -0.25) is 0 Å². The molecule has 1 spiro atoms. The standard InChI is InChI=1S/C79H73N3O2Si4/c1-85(2,3)54-40-32-50(33-41-54)80(51-34-42-55(43-35-51)86(4,5)6)68-48-65-75(78-72(68)60-23-14-19-30-70(60)84-78)74-64(79(65)62-26-16-18-29-67(62)82-66-28-17-13-22-58(66)59-25-21-27-63(79)76(59)82)49-69(77-73(74)61-24-15-20-31-71(61)83-77)81(52-36-44-56(45-37-52)87(7,8)9)53-38-46-57(47-39-53)88(10,11)12/h13-49H,1-12H3. The number of hydrogen-bond donors (Lipinski definition) is 0. The first kappa shape index (κ1) is 54.7. The quantitative estimate of drug-likeness (QED) is 0.128. The minimum Gasteiger partial charge on any atom is -0.455 e. The largest absolute Gasteiger partial charge is 0.455 e. The van der Waals surface area contributed by atoms with Crippen LogP contribution in [0.5, 0.6) is 0 Å². The molecule has 9 heteroatoms. The molecule has 1 atom stereocenters. The van der Waals surface area contributed by atoms with E-state index in [0.29, 0.717) is 0 Å². The number of para-hydroxylation sites is 5. The summed E-state index contributed by atoms with van der Waals surface area (Å²) < 4.78 is 17.8. The zero-order valence-corrected chi connectivity index (χ0v) is 56.5. The number of furan rings is 2. The van der Waals surface area contributed by atoms with Gasteiger partial charge in [0.1, 0.15) is 16.7 Å². The fourth-order valence-electron chi connectivity index (χ4n) is 14.9. The van der Waals surface area contributed by atoms with E-state index < -0.39 is 37.7 Å². The molecule has 432 valence electrons. The van der Waals surface area contributed by atoms with Gasteiger partial charge in [0.25, 0.3) is 0 Å². The van der Waals surface area contributed by atoms with Crippen LogP contribution in [0.4, 0.5) is 34.1 Å². The maximum Gasteiger partial charge on any atom is 0.160 e. The summed E-state index contributed by atoms with van der Waals surface area (Å²) in [6.45, 7) is 29.2. The Balaban J connectivity index is 1.12. The fourth-order valence-corrected chi connectivity index (χ4v) is 19.6. The lowest BCUT2D eigenvalue weighted by atomic mass is 9.65. The van der Waals surface area contributed by atoms with E-state index >= 15 is 0 Å². The second-order valence-electron chi connectivity index (χ2n) is 28.9. The van der Waals surface area contributed by atoms with Crippen molar-refractivity contribution in [1.82, 2.24) is 4.57 Å². The van der Waals surface area contributed by atoms with Crippen LogP contribution in [0.15, 0.2) is 233 Å². The molecule has 0 saturated carbocycles. The first-order chi connectivity index (χ1) is 42.2. The summed E-state index contributed by atoms with van der Waals surface area (Å²) in [4.78, 5) is 5.04. The maximum absolute atomic E-state index is 7.73. The lowest BCUT2D eigenvalue weighted by molar-refractivity contribution is 0.668. The van der Waals surface area contributed by atoms with Crippen molar-refractivity contribution in [3.05, 3.63) is 247 Å². The number of aromatic nitrogens is 1. The van der Waals surface area contributed by atoms with E-state index in [2.05, 4.69) is 317 Å². The highest BCUT2D eigenvalue weighted by molar-refractivity contribution is 6.90. The number of anilines is 6. The summed E-state index contributed by atoms with van der Waals surface area (Å²) in [7, 11) is -6.70. The van der Waals surface area contributed by atoms with Crippen molar-refractivity contribution in [3.63, 3.8) is 0 Å². The van der Waals surface area contributed by atoms with Crippen LogP contribution in [-0.4, -0.2) is 36.9 Å². The van der Waals surface area contributed by atoms with Gasteiger partial charge in [-0.25, -0.2) is 0 Å². The summed E-state index contributed by atoms with van der Waals surface area (Å²) in [6, 6.07) is 85.9. The van der Waals surface area contributed by atoms with E-state index in [9.17, 15) is 0 Å². The molecule has 4 heterocycles. The second kappa shape index (κ2) is 19.1. The molecule has 14 aromatic rings. The molecule has 0 saturated heterocycles. The normalized spacial score (nSPS) is 14.9. The molecule has 1 aliphatic carbocycles.